The van der Waals surface area contributed by atoms with E-state index in [1.54, 1.807) is 18.2 Å². The summed E-state index contributed by atoms with van der Waals surface area (Å²) in [5, 5.41) is 3.61. The summed E-state index contributed by atoms with van der Waals surface area (Å²) < 4.78 is 5.74. The molecule has 4 nitrogen and oxygen atoms in total. The van der Waals surface area contributed by atoms with Crippen molar-refractivity contribution < 1.29 is 9.21 Å². The molecule has 0 unspecified atom stereocenters. The molecule has 2 aromatic carbocycles. The Bertz CT molecular complexity index is 929. The summed E-state index contributed by atoms with van der Waals surface area (Å²) in [6, 6.07) is 18.7. The van der Waals surface area contributed by atoms with Gasteiger partial charge in [0.25, 0.3) is 5.91 Å². The number of nitrogens with zero attached hydrogens (tertiary/aromatic N) is 1. The lowest BCUT2D eigenvalue weighted by Crippen LogP contribution is -2.20. The molecule has 0 bridgehead atoms. The number of para-hydroxylation sites is 2. The maximum Gasteiger partial charge on any atom is 0.291 e. The van der Waals surface area contributed by atoms with Crippen LogP contribution in [0.4, 0.5) is 11.4 Å². The van der Waals surface area contributed by atoms with Crippen LogP contribution in [0.5, 0.6) is 0 Å². The molecule has 2 heterocycles. The fourth-order valence-corrected chi connectivity index (χ4v) is 3.44. The summed E-state index contributed by atoms with van der Waals surface area (Å²) >= 11 is 6.03. The number of halogens is 1. The molecular formula is C21H19ClN2O2. The molecule has 1 saturated heterocycles. The standard InChI is InChI=1S/C21H19ClN2O2/c22-16-7-5-6-15(14-16)19-10-11-20(26-19)21(25)23-17-8-1-2-9-18(17)24-12-3-4-13-24/h1-2,5-11,14H,3-4,12-13H2,(H,23,25). The highest BCUT2D eigenvalue weighted by molar-refractivity contribution is 6.30. The van der Waals surface area contributed by atoms with Crippen molar-refractivity contribution in [3.63, 3.8) is 0 Å². The lowest BCUT2D eigenvalue weighted by molar-refractivity contribution is 0.0997. The number of carbonyl (C=O) groups excluding carboxylic acids is 1. The van der Waals surface area contributed by atoms with Crippen LogP contribution in [0.25, 0.3) is 11.3 Å². The molecule has 1 aliphatic heterocycles. The van der Waals surface area contributed by atoms with E-state index in [0.717, 1.165) is 30.0 Å². The van der Waals surface area contributed by atoms with E-state index in [9.17, 15) is 4.79 Å². The van der Waals surface area contributed by atoms with Gasteiger partial charge in [-0.25, -0.2) is 0 Å². The molecule has 1 aromatic heterocycles. The topological polar surface area (TPSA) is 45.5 Å². The molecule has 5 heteroatoms. The molecule has 1 N–H and O–H groups in total. The second kappa shape index (κ2) is 7.26. The first-order valence-corrected chi connectivity index (χ1v) is 9.09. The van der Waals surface area contributed by atoms with E-state index in [4.69, 9.17) is 16.0 Å². The maximum absolute atomic E-state index is 12.6. The Morgan fingerprint density at radius 1 is 1.00 bits per heavy atom. The molecule has 1 fully saturated rings. The van der Waals surface area contributed by atoms with Crippen LogP contribution >= 0.6 is 11.6 Å². The van der Waals surface area contributed by atoms with Gasteiger partial charge in [-0.2, -0.15) is 0 Å². The van der Waals surface area contributed by atoms with Gasteiger partial charge in [-0.1, -0.05) is 35.9 Å². The average Bonchev–Trinajstić information content (AvgIpc) is 3.34. The molecule has 0 saturated carbocycles. The number of hydrogen-bond donors (Lipinski definition) is 1. The number of carbonyl (C=O) groups is 1. The van der Waals surface area contributed by atoms with Crippen LogP contribution < -0.4 is 10.2 Å². The summed E-state index contributed by atoms with van der Waals surface area (Å²) in [6.07, 6.45) is 2.37. The first-order valence-electron chi connectivity index (χ1n) is 8.72. The Morgan fingerprint density at radius 3 is 2.62 bits per heavy atom. The predicted octanol–water partition coefficient (Wildman–Crippen LogP) is 5.45. The summed E-state index contributed by atoms with van der Waals surface area (Å²) in [6.45, 7) is 2.04. The first kappa shape index (κ1) is 16.7. The van der Waals surface area contributed by atoms with Crippen molar-refractivity contribution in [1.29, 1.82) is 0 Å². The van der Waals surface area contributed by atoms with Crippen molar-refractivity contribution in [3.05, 3.63) is 71.4 Å². The first-order chi connectivity index (χ1) is 12.7. The third kappa shape index (κ3) is 3.46. The van der Waals surface area contributed by atoms with E-state index < -0.39 is 0 Å². The van der Waals surface area contributed by atoms with Gasteiger partial charge in [0.1, 0.15) is 5.76 Å². The molecule has 0 radical (unpaired) electrons. The van der Waals surface area contributed by atoms with Crippen LogP contribution in [0, 0.1) is 0 Å². The van der Waals surface area contributed by atoms with Gasteiger partial charge >= 0.3 is 0 Å². The largest absolute Gasteiger partial charge is 0.451 e. The van der Waals surface area contributed by atoms with Crippen LogP contribution in [-0.4, -0.2) is 19.0 Å². The highest BCUT2D eigenvalue weighted by Gasteiger charge is 2.18. The SMILES string of the molecule is O=C(Nc1ccccc1N1CCCC1)c1ccc(-c2cccc(Cl)c2)o1. The Labute approximate surface area is 157 Å². The zero-order valence-electron chi connectivity index (χ0n) is 14.2. The Kier molecular flexibility index (Phi) is 4.67. The number of anilines is 2. The smallest absolute Gasteiger partial charge is 0.291 e. The number of benzene rings is 2. The quantitative estimate of drug-likeness (QED) is 0.667. The molecule has 132 valence electrons. The second-order valence-corrected chi connectivity index (χ2v) is 6.78. The fourth-order valence-electron chi connectivity index (χ4n) is 3.25. The Morgan fingerprint density at radius 2 is 1.81 bits per heavy atom. The summed E-state index contributed by atoms with van der Waals surface area (Å²) in [5.41, 5.74) is 2.70. The number of hydrogen-bond acceptors (Lipinski definition) is 3. The summed E-state index contributed by atoms with van der Waals surface area (Å²) in [7, 11) is 0. The van der Waals surface area contributed by atoms with Crippen LogP contribution in [0.2, 0.25) is 5.02 Å². The van der Waals surface area contributed by atoms with Gasteiger partial charge in [0, 0.05) is 23.7 Å². The van der Waals surface area contributed by atoms with Gasteiger partial charge in [-0.15, -0.1) is 0 Å². The van der Waals surface area contributed by atoms with Crippen LogP contribution in [-0.2, 0) is 0 Å². The molecule has 0 aliphatic carbocycles. The van der Waals surface area contributed by atoms with Crippen molar-refractivity contribution >= 4 is 28.9 Å². The van der Waals surface area contributed by atoms with Crippen molar-refractivity contribution in [2.75, 3.05) is 23.3 Å². The Balaban J connectivity index is 1.54. The zero-order valence-corrected chi connectivity index (χ0v) is 15.0. The van der Waals surface area contributed by atoms with E-state index in [-0.39, 0.29) is 11.7 Å². The Hall–Kier alpha value is -2.72. The highest BCUT2D eigenvalue weighted by Crippen LogP contribution is 2.30. The second-order valence-electron chi connectivity index (χ2n) is 6.34. The lowest BCUT2D eigenvalue weighted by Gasteiger charge is -2.21. The minimum atomic E-state index is -0.259. The zero-order chi connectivity index (χ0) is 17.9. The van der Waals surface area contributed by atoms with E-state index in [1.165, 1.54) is 12.8 Å². The highest BCUT2D eigenvalue weighted by atomic mass is 35.5. The van der Waals surface area contributed by atoms with Gasteiger partial charge in [-0.3, -0.25) is 4.79 Å². The number of nitrogens with one attached hydrogen (secondary N) is 1. The van der Waals surface area contributed by atoms with E-state index in [1.807, 2.05) is 42.5 Å². The summed E-state index contributed by atoms with van der Waals surface area (Å²) in [5.74, 6) is 0.631. The number of furan rings is 1. The number of amides is 1. The van der Waals surface area contributed by atoms with Gasteiger partial charge in [0.15, 0.2) is 5.76 Å². The molecular weight excluding hydrogens is 348 g/mol. The van der Waals surface area contributed by atoms with Gasteiger partial charge in [0.2, 0.25) is 0 Å². The minimum Gasteiger partial charge on any atom is -0.451 e. The molecule has 0 spiro atoms. The van der Waals surface area contributed by atoms with E-state index in [0.29, 0.717) is 10.8 Å². The molecule has 26 heavy (non-hydrogen) atoms. The minimum absolute atomic E-state index is 0.259. The van der Waals surface area contributed by atoms with Crippen molar-refractivity contribution in [2.24, 2.45) is 0 Å². The third-order valence-electron chi connectivity index (χ3n) is 4.54. The average molecular weight is 367 g/mol. The normalized spacial score (nSPS) is 13.8. The van der Waals surface area contributed by atoms with E-state index >= 15 is 0 Å². The van der Waals surface area contributed by atoms with Gasteiger partial charge in [-0.05, 0) is 49.2 Å². The molecule has 1 aliphatic rings. The fraction of sp³-hybridized carbons (Fsp3) is 0.190. The predicted molar refractivity (Wildman–Crippen MR) is 105 cm³/mol. The van der Waals surface area contributed by atoms with Gasteiger partial charge in [0.05, 0.1) is 11.4 Å². The molecule has 3 aromatic rings. The van der Waals surface area contributed by atoms with Crippen molar-refractivity contribution in [3.8, 4) is 11.3 Å². The molecule has 4 rings (SSSR count). The lowest BCUT2D eigenvalue weighted by atomic mass is 10.2. The third-order valence-corrected chi connectivity index (χ3v) is 4.77. The van der Waals surface area contributed by atoms with Gasteiger partial charge < -0.3 is 14.6 Å². The monoisotopic (exact) mass is 366 g/mol. The molecule has 0 atom stereocenters. The maximum atomic E-state index is 12.6. The molecule has 1 amide bonds. The number of rotatable bonds is 4. The van der Waals surface area contributed by atoms with Crippen molar-refractivity contribution in [1.82, 2.24) is 0 Å². The van der Waals surface area contributed by atoms with E-state index in [2.05, 4.69) is 10.2 Å². The van der Waals surface area contributed by atoms with Crippen LogP contribution in [0.1, 0.15) is 23.4 Å². The summed E-state index contributed by atoms with van der Waals surface area (Å²) in [4.78, 5) is 14.9. The van der Waals surface area contributed by atoms with Crippen LogP contribution in [0.15, 0.2) is 65.1 Å². The van der Waals surface area contributed by atoms with Crippen LogP contribution in [0.3, 0.4) is 0 Å². The van der Waals surface area contributed by atoms with Crippen molar-refractivity contribution in [2.45, 2.75) is 12.8 Å².